The lowest BCUT2D eigenvalue weighted by Crippen LogP contribution is -2.50. The molecule has 1 unspecified atom stereocenters. The van der Waals surface area contributed by atoms with Crippen LogP contribution in [0, 0.1) is 0 Å². The Morgan fingerprint density at radius 3 is 2.50 bits per heavy atom. The first-order valence-electron chi connectivity index (χ1n) is 9.20. The van der Waals surface area contributed by atoms with Gasteiger partial charge in [0.15, 0.2) is 0 Å². The summed E-state index contributed by atoms with van der Waals surface area (Å²) in [6.45, 7) is 10.7. The second-order valence-electron chi connectivity index (χ2n) is 6.74. The van der Waals surface area contributed by atoms with Gasteiger partial charge in [0.2, 0.25) is 0 Å². The Bertz CT molecular complexity index is 463. The molecule has 3 rings (SSSR count). The molecule has 2 fully saturated rings. The highest BCUT2D eigenvalue weighted by atomic mass is 16.5. The second kappa shape index (κ2) is 9.37. The summed E-state index contributed by atoms with van der Waals surface area (Å²) in [5.74, 6) is 0. The fourth-order valence-electron chi connectivity index (χ4n) is 3.56. The zero-order valence-electron chi connectivity index (χ0n) is 14.9. The maximum Gasteiger partial charge on any atom is 0.0724 e. The Morgan fingerprint density at radius 2 is 1.75 bits per heavy atom. The molecule has 5 heteroatoms. The van der Waals surface area contributed by atoms with E-state index in [1.807, 2.05) is 0 Å². The molecular weight excluding hydrogens is 302 g/mol. The maximum atomic E-state index is 5.82. The van der Waals surface area contributed by atoms with Crippen molar-refractivity contribution in [3.8, 4) is 0 Å². The van der Waals surface area contributed by atoms with Crippen LogP contribution in [0.4, 0.5) is 5.69 Å². The molecule has 0 spiro atoms. The molecule has 0 radical (unpaired) electrons. The predicted octanol–water partition coefficient (Wildman–Crippen LogP) is 1.55. The van der Waals surface area contributed by atoms with Gasteiger partial charge in [-0.2, -0.15) is 0 Å². The summed E-state index contributed by atoms with van der Waals surface area (Å²) in [5, 5.41) is 0. The Balaban J connectivity index is 1.36. The number of benzene rings is 1. The molecule has 1 atom stereocenters. The van der Waals surface area contributed by atoms with Gasteiger partial charge < -0.3 is 14.4 Å². The highest BCUT2D eigenvalue weighted by Crippen LogP contribution is 2.15. The number of hydrogen-bond acceptors (Lipinski definition) is 5. The van der Waals surface area contributed by atoms with Crippen LogP contribution in [0.1, 0.15) is 6.42 Å². The van der Waals surface area contributed by atoms with Crippen LogP contribution >= 0.6 is 0 Å². The molecule has 24 heavy (non-hydrogen) atoms. The van der Waals surface area contributed by atoms with Crippen molar-refractivity contribution < 1.29 is 9.47 Å². The van der Waals surface area contributed by atoms with Crippen LogP contribution in [-0.2, 0) is 9.47 Å². The number of ether oxygens (including phenoxy) is 2. The fourth-order valence-corrected chi connectivity index (χ4v) is 3.56. The zero-order valence-corrected chi connectivity index (χ0v) is 14.9. The van der Waals surface area contributed by atoms with Gasteiger partial charge in [-0.3, -0.25) is 9.80 Å². The van der Waals surface area contributed by atoms with E-state index in [1.165, 1.54) is 12.2 Å². The smallest absolute Gasteiger partial charge is 0.0724 e. The normalized spacial score (nSPS) is 23.5. The van der Waals surface area contributed by atoms with Crippen molar-refractivity contribution in [2.24, 2.45) is 0 Å². The van der Waals surface area contributed by atoms with E-state index in [4.69, 9.17) is 9.47 Å². The molecule has 2 aliphatic heterocycles. The molecule has 0 saturated carbocycles. The van der Waals surface area contributed by atoms with E-state index >= 15 is 0 Å². The Hall–Kier alpha value is -1.14. The lowest BCUT2D eigenvalue weighted by atomic mass is 10.2. The number of morpholine rings is 1. The third-order valence-corrected chi connectivity index (χ3v) is 5.09. The number of piperazine rings is 1. The monoisotopic (exact) mass is 333 g/mol. The molecule has 1 aromatic carbocycles. The van der Waals surface area contributed by atoms with Gasteiger partial charge in [-0.25, -0.2) is 0 Å². The van der Waals surface area contributed by atoms with E-state index in [9.17, 15) is 0 Å². The largest absolute Gasteiger partial charge is 0.385 e. The molecule has 2 saturated heterocycles. The van der Waals surface area contributed by atoms with E-state index < -0.39 is 0 Å². The number of rotatable bonds is 7. The first-order chi connectivity index (χ1) is 11.8. The molecule has 2 aliphatic rings. The molecule has 0 aromatic heterocycles. The minimum atomic E-state index is 0.341. The van der Waals surface area contributed by atoms with Gasteiger partial charge >= 0.3 is 0 Å². The third-order valence-electron chi connectivity index (χ3n) is 5.09. The zero-order chi connectivity index (χ0) is 16.6. The van der Waals surface area contributed by atoms with Crippen LogP contribution in [0.5, 0.6) is 0 Å². The lowest BCUT2D eigenvalue weighted by Gasteiger charge is -2.38. The van der Waals surface area contributed by atoms with Crippen LogP contribution in [-0.4, -0.2) is 88.6 Å². The van der Waals surface area contributed by atoms with E-state index in [1.54, 1.807) is 7.11 Å². The standard InChI is InChI=1S/C19H31N3O2/c1-23-15-7-19-17-21(14-16-24-19)9-8-20-10-12-22(13-11-20)18-5-3-2-4-6-18/h2-6,19H,7-17H2,1H3. The van der Waals surface area contributed by atoms with Gasteiger partial charge in [-0.1, -0.05) is 18.2 Å². The van der Waals surface area contributed by atoms with Crippen molar-refractivity contribution in [1.29, 1.82) is 0 Å². The summed E-state index contributed by atoms with van der Waals surface area (Å²) in [4.78, 5) is 7.64. The number of nitrogens with zero attached hydrogens (tertiary/aromatic N) is 3. The quantitative estimate of drug-likeness (QED) is 0.755. The van der Waals surface area contributed by atoms with Gasteiger partial charge in [0.05, 0.1) is 12.7 Å². The van der Waals surface area contributed by atoms with Gasteiger partial charge in [-0.05, 0) is 18.6 Å². The van der Waals surface area contributed by atoms with Crippen LogP contribution in [0.2, 0.25) is 0 Å². The van der Waals surface area contributed by atoms with Gasteiger partial charge in [0.25, 0.3) is 0 Å². The molecule has 0 aliphatic carbocycles. The van der Waals surface area contributed by atoms with Crippen LogP contribution in [0.15, 0.2) is 30.3 Å². The summed E-state index contributed by atoms with van der Waals surface area (Å²) in [7, 11) is 1.76. The van der Waals surface area contributed by atoms with Gasteiger partial charge in [0.1, 0.15) is 0 Å². The van der Waals surface area contributed by atoms with Gasteiger partial charge in [-0.15, -0.1) is 0 Å². The lowest BCUT2D eigenvalue weighted by molar-refractivity contribution is -0.0424. The Labute approximate surface area is 146 Å². The van der Waals surface area contributed by atoms with E-state index in [-0.39, 0.29) is 0 Å². The van der Waals surface area contributed by atoms with Crippen LogP contribution in [0.3, 0.4) is 0 Å². The van der Waals surface area contributed by atoms with E-state index in [0.717, 1.165) is 65.4 Å². The van der Waals surface area contributed by atoms with Crippen molar-refractivity contribution in [2.75, 3.05) is 77.6 Å². The molecular formula is C19H31N3O2. The summed E-state index contributed by atoms with van der Waals surface area (Å²) in [6.07, 6.45) is 1.34. The van der Waals surface area contributed by atoms with Crippen molar-refractivity contribution in [2.45, 2.75) is 12.5 Å². The summed E-state index contributed by atoms with van der Waals surface area (Å²) < 4.78 is 11.0. The van der Waals surface area contributed by atoms with E-state index in [2.05, 4.69) is 45.0 Å². The van der Waals surface area contributed by atoms with Crippen LogP contribution in [0.25, 0.3) is 0 Å². The highest BCUT2D eigenvalue weighted by molar-refractivity contribution is 5.46. The fraction of sp³-hybridized carbons (Fsp3) is 0.684. The van der Waals surface area contributed by atoms with Crippen molar-refractivity contribution in [1.82, 2.24) is 9.80 Å². The number of hydrogen-bond donors (Lipinski definition) is 0. The summed E-state index contributed by atoms with van der Waals surface area (Å²) >= 11 is 0. The van der Waals surface area contributed by atoms with Crippen molar-refractivity contribution >= 4 is 5.69 Å². The van der Waals surface area contributed by atoms with E-state index in [0.29, 0.717) is 6.10 Å². The van der Waals surface area contributed by atoms with Crippen molar-refractivity contribution in [3.63, 3.8) is 0 Å². The molecule has 134 valence electrons. The summed E-state index contributed by atoms with van der Waals surface area (Å²) in [5.41, 5.74) is 1.35. The summed E-state index contributed by atoms with van der Waals surface area (Å²) in [6, 6.07) is 10.8. The van der Waals surface area contributed by atoms with Crippen molar-refractivity contribution in [3.05, 3.63) is 30.3 Å². The average Bonchev–Trinajstić information content (AvgIpc) is 2.66. The molecule has 0 N–H and O–H groups in total. The minimum absolute atomic E-state index is 0.341. The molecule has 5 nitrogen and oxygen atoms in total. The highest BCUT2D eigenvalue weighted by Gasteiger charge is 2.22. The predicted molar refractivity (Wildman–Crippen MR) is 97.8 cm³/mol. The topological polar surface area (TPSA) is 28.2 Å². The molecule has 2 heterocycles. The Morgan fingerprint density at radius 1 is 1.00 bits per heavy atom. The SMILES string of the molecule is COCCC1CN(CCN2CCN(c3ccccc3)CC2)CCO1. The first kappa shape index (κ1) is 17.7. The number of anilines is 1. The number of methoxy groups -OCH3 is 1. The number of para-hydroxylation sites is 1. The second-order valence-corrected chi connectivity index (χ2v) is 6.74. The molecule has 1 aromatic rings. The molecule has 0 bridgehead atoms. The van der Waals surface area contributed by atoms with Crippen LogP contribution < -0.4 is 4.90 Å². The molecule has 0 amide bonds. The first-order valence-corrected chi connectivity index (χ1v) is 9.20. The van der Waals surface area contributed by atoms with Gasteiger partial charge in [0, 0.05) is 71.8 Å². The third kappa shape index (κ3) is 5.18. The Kier molecular flexibility index (Phi) is 6.90. The minimum Gasteiger partial charge on any atom is -0.385 e. The average molecular weight is 333 g/mol. The maximum absolute atomic E-state index is 5.82.